The van der Waals surface area contributed by atoms with Gasteiger partial charge in [-0.15, -0.1) is 0 Å². The number of amides is 2. The van der Waals surface area contributed by atoms with E-state index in [1.807, 2.05) is 20.8 Å². The molecule has 0 heterocycles. The first kappa shape index (κ1) is 17.8. The number of nitrogens with zero attached hydrogens (tertiary/aromatic N) is 1. The molecule has 1 aliphatic carbocycles. The van der Waals surface area contributed by atoms with Crippen LogP contribution in [0.1, 0.15) is 53.4 Å². The molecule has 6 heteroatoms. The van der Waals surface area contributed by atoms with Gasteiger partial charge in [0, 0.05) is 19.1 Å². The Morgan fingerprint density at radius 2 is 1.76 bits per heavy atom. The summed E-state index contributed by atoms with van der Waals surface area (Å²) in [5.41, 5.74) is 5.15. The maximum atomic E-state index is 11.9. The number of hydrogen-bond acceptors (Lipinski definition) is 4. The molecule has 0 aromatic carbocycles. The molecule has 122 valence electrons. The van der Waals surface area contributed by atoms with Crippen LogP contribution >= 0.6 is 0 Å². The van der Waals surface area contributed by atoms with E-state index in [1.54, 1.807) is 18.9 Å². The molecule has 21 heavy (non-hydrogen) atoms. The van der Waals surface area contributed by atoms with E-state index in [2.05, 4.69) is 5.32 Å². The summed E-state index contributed by atoms with van der Waals surface area (Å²) in [5, 5.41) is 2.90. The fraction of sp³-hybridized carbons (Fsp3) is 0.867. The lowest BCUT2D eigenvalue weighted by Gasteiger charge is -2.35. The number of hydrogen-bond donors (Lipinski definition) is 2. The average molecular weight is 299 g/mol. The Hall–Kier alpha value is -1.30. The SMILES string of the molecule is CC(N)C(=O)N(C)C1CCC(NC(=O)OC(C)(C)C)CC1. The third-order valence-electron chi connectivity index (χ3n) is 3.70. The monoisotopic (exact) mass is 299 g/mol. The lowest BCUT2D eigenvalue weighted by Crippen LogP contribution is -2.49. The van der Waals surface area contributed by atoms with E-state index in [0.29, 0.717) is 0 Å². The lowest BCUT2D eigenvalue weighted by atomic mass is 9.90. The molecule has 3 N–H and O–H groups in total. The summed E-state index contributed by atoms with van der Waals surface area (Å²) >= 11 is 0. The fourth-order valence-corrected chi connectivity index (χ4v) is 2.58. The zero-order chi connectivity index (χ0) is 16.2. The minimum absolute atomic E-state index is 0.0291. The van der Waals surface area contributed by atoms with Crippen LogP contribution in [0.2, 0.25) is 0 Å². The van der Waals surface area contributed by atoms with Crippen LogP contribution in [-0.2, 0) is 9.53 Å². The van der Waals surface area contributed by atoms with Crippen LogP contribution in [0, 0.1) is 0 Å². The molecule has 2 amide bonds. The maximum Gasteiger partial charge on any atom is 0.407 e. The van der Waals surface area contributed by atoms with Gasteiger partial charge in [-0.3, -0.25) is 4.79 Å². The van der Waals surface area contributed by atoms with Crippen LogP contribution in [0.4, 0.5) is 4.79 Å². The van der Waals surface area contributed by atoms with Crippen LogP contribution in [0.15, 0.2) is 0 Å². The van der Waals surface area contributed by atoms with E-state index >= 15 is 0 Å². The van der Waals surface area contributed by atoms with Crippen LogP contribution in [0.25, 0.3) is 0 Å². The van der Waals surface area contributed by atoms with E-state index in [9.17, 15) is 9.59 Å². The summed E-state index contributed by atoms with van der Waals surface area (Å²) in [7, 11) is 1.80. The molecule has 0 aromatic heterocycles. The van der Waals surface area contributed by atoms with E-state index in [4.69, 9.17) is 10.5 Å². The molecule has 0 spiro atoms. The Kier molecular flexibility index (Phi) is 6.01. The first-order valence-corrected chi connectivity index (χ1v) is 7.62. The molecule has 0 aromatic rings. The number of likely N-dealkylation sites (N-methyl/N-ethyl adjacent to an activating group) is 1. The molecule has 0 saturated heterocycles. The molecular weight excluding hydrogens is 270 g/mol. The smallest absolute Gasteiger partial charge is 0.407 e. The first-order chi connectivity index (χ1) is 9.60. The summed E-state index contributed by atoms with van der Waals surface area (Å²) in [4.78, 5) is 25.3. The highest BCUT2D eigenvalue weighted by Gasteiger charge is 2.29. The fourth-order valence-electron chi connectivity index (χ4n) is 2.58. The Morgan fingerprint density at radius 1 is 1.24 bits per heavy atom. The van der Waals surface area contributed by atoms with Crippen molar-refractivity contribution in [3.63, 3.8) is 0 Å². The zero-order valence-corrected chi connectivity index (χ0v) is 13.8. The van der Waals surface area contributed by atoms with Gasteiger partial charge < -0.3 is 20.7 Å². The Labute approximate surface area is 127 Å². The predicted octanol–water partition coefficient (Wildman–Crippen LogP) is 1.63. The topological polar surface area (TPSA) is 84.7 Å². The largest absolute Gasteiger partial charge is 0.444 e. The van der Waals surface area contributed by atoms with Crippen molar-refractivity contribution in [2.45, 2.75) is 77.1 Å². The van der Waals surface area contributed by atoms with Gasteiger partial charge >= 0.3 is 6.09 Å². The average Bonchev–Trinajstić information content (AvgIpc) is 2.35. The second-order valence-electron chi connectivity index (χ2n) is 6.89. The molecule has 1 saturated carbocycles. The Balaban J connectivity index is 2.39. The molecule has 0 radical (unpaired) electrons. The van der Waals surface area contributed by atoms with Crippen molar-refractivity contribution < 1.29 is 14.3 Å². The number of alkyl carbamates (subject to hydrolysis) is 1. The summed E-state index contributed by atoms with van der Waals surface area (Å²) in [6, 6.07) is -0.136. The van der Waals surface area contributed by atoms with Gasteiger partial charge in [0.05, 0.1) is 6.04 Å². The highest BCUT2D eigenvalue weighted by Crippen LogP contribution is 2.23. The van der Waals surface area contributed by atoms with Gasteiger partial charge in [0.1, 0.15) is 5.60 Å². The van der Waals surface area contributed by atoms with Crippen molar-refractivity contribution in [1.29, 1.82) is 0 Å². The third-order valence-corrected chi connectivity index (χ3v) is 3.70. The molecule has 0 bridgehead atoms. The van der Waals surface area contributed by atoms with Crippen molar-refractivity contribution in [2.24, 2.45) is 5.73 Å². The predicted molar refractivity (Wildman–Crippen MR) is 81.8 cm³/mol. The Morgan fingerprint density at radius 3 is 2.19 bits per heavy atom. The van der Waals surface area contributed by atoms with Gasteiger partial charge in [-0.1, -0.05) is 0 Å². The van der Waals surface area contributed by atoms with Crippen molar-refractivity contribution in [3.05, 3.63) is 0 Å². The summed E-state index contributed by atoms with van der Waals surface area (Å²) in [6.07, 6.45) is 3.07. The van der Waals surface area contributed by atoms with E-state index in [1.165, 1.54) is 0 Å². The molecule has 0 aliphatic heterocycles. The van der Waals surface area contributed by atoms with Crippen LogP contribution < -0.4 is 11.1 Å². The van der Waals surface area contributed by atoms with Gasteiger partial charge in [0.25, 0.3) is 0 Å². The third kappa shape index (κ3) is 5.91. The standard InChI is InChI=1S/C15H29N3O3/c1-10(16)13(19)18(5)12-8-6-11(7-9-12)17-14(20)21-15(2,3)4/h10-12H,6-9,16H2,1-5H3,(H,17,20). The highest BCUT2D eigenvalue weighted by atomic mass is 16.6. The molecule has 1 atom stereocenters. The normalized spacial score (nSPS) is 24.1. The number of rotatable bonds is 3. The quantitative estimate of drug-likeness (QED) is 0.829. The number of ether oxygens (including phenoxy) is 1. The second kappa shape index (κ2) is 7.11. The maximum absolute atomic E-state index is 11.9. The van der Waals surface area contributed by atoms with E-state index < -0.39 is 11.6 Å². The summed E-state index contributed by atoms with van der Waals surface area (Å²) in [5.74, 6) is -0.0291. The van der Waals surface area contributed by atoms with E-state index in [-0.39, 0.29) is 24.1 Å². The van der Waals surface area contributed by atoms with Crippen LogP contribution in [0.3, 0.4) is 0 Å². The van der Waals surface area contributed by atoms with Gasteiger partial charge in [-0.25, -0.2) is 4.79 Å². The van der Waals surface area contributed by atoms with Crippen molar-refractivity contribution in [2.75, 3.05) is 7.05 Å². The molecule has 1 aliphatic rings. The van der Waals surface area contributed by atoms with Gasteiger partial charge in [0.2, 0.25) is 5.91 Å². The summed E-state index contributed by atoms with van der Waals surface area (Å²) < 4.78 is 5.25. The second-order valence-corrected chi connectivity index (χ2v) is 6.89. The minimum atomic E-state index is -0.481. The molecule has 1 rings (SSSR count). The molecular formula is C15H29N3O3. The van der Waals surface area contributed by atoms with Gasteiger partial charge in [-0.2, -0.15) is 0 Å². The lowest BCUT2D eigenvalue weighted by molar-refractivity contribution is -0.133. The number of carbonyl (C=O) groups excluding carboxylic acids is 2. The van der Waals surface area contributed by atoms with Crippen molar-refractivity contribution in [3.8, 4) is 0 Å². The zero-order valence-electron chi connectivity index (χ0n) is 13.8. The summed E-state index contributed by atoms with van der Waals surface area (Å²) in [6.45, 7) is 7.24. The number of nitrogens with two attached hydrogens (primary N) is 1. The van der Waals surface area contributed by atoms with Crippen molar-refractivity contribution >= 4 is 12.0 Å². The van der Waals surface area contributed by atoms with Crippen LogP contribution in [-0.4, -0.2) is 47.7 Å². The first-order valence-electron chi connectivity index (χ1n) is 7.62. The number of carbonyl (C=O) groups is 2. The van der Waals surface area contributed by atoms with Crippen LogP contribution in [0.5, 0.6) is 0 Å². The van der Waals surface area contributed by atoms with Crippen molar-refractivity contribution in [1.82, 2.24) is 10.2 Å². The van der Waals surface area contributed by atoms with Gasteiger partial charge in [-0.05, 0) is 53.4 Å². The minimum Gasteiger partial charge on any atom is -0.444 e. The molecule has 1 fully saturated rings. The highest BCUT2D eigenvalue weighted by molar-refractivity contribution is 5.81. The Bertz CT molecular complexity index is 369. The molecule has 1 unspecified atom stereocenters. The molecule has 6 nitrogen and oxygen atoms in total. The van der Waals surface area contributed by atoms with E-state index in [0.717, 1.165) is 25.7 Å². The number of nitrogens with one attached hydrogen (secondary N) is 1. The van der Waals surface area contributed by atoms with Gasteiger partial charge in [0.15, 0.2) is 0 Å².